The molecule has 0 aliphatic carbocycles. The Kier molecular flexibility index (Phi) is 7.61. The van der Waals surface area contributed by atoms with Gasteiger partial charge in [0.1, 0.15) is 6.04 Å². The Morgan fingerprint density at radius 1 is 1.13 bits per heavy atom. The number of carbonyl (C=O) groups is 2. The second-order valence-electron chi connectivity index (χ2n) is 9.16. The van der Waals surface area contributed by atoms with E-state index in [1.807, 2.05) is 6.92 Å². The Hall–Kier alpha value is -3.71. The molecule has 2 atom stereocenters. The molecule has 202 valence electrons. The average molecular weight is 548 g/mol. The van der Waals surface area contributed by atoms with Crippen molar-refractivity contribution in [1.29, 1.82) is 0 Å². The van der Waals surface area contributed by atoms with Crippen LogP contribution in [-0.2, 0) is 18.0 Å². The second-order valence-corrected chi connectivity index (χ2v) is 10.2. The Morgan fingerprint density at radius 3 is 2.53 bits per heavy atom. The van der Waals surface area contributed by atoms with E-state index >= 15 is 0 Å². The largest absolute Gasteiger partial charge is 0.416 e. The first kappa shape index (κ1) is 27.3. The van der Waals surface area contributed by atoms with Gasteiger partial charge in [-0.3, -0.25) is 9.59 Å². The summed E-state index contributed by atoms with van der Waals surface area (Å²) in [6, 6.07) is 6.96. The molecule has 13 heteroatoms. The summed E-state index contributed by atoms with van der Waals surface area (Å²) in [4.78, 5) is 36.0. The smallest absolute Gasteiger partial charge is 0.347 e. The summed E-state index contributed by atoms with van der Waals surface area (Å²) >= 11 is 1.08. The predicted octanol–water partition coefficient (Wildman–Crippen LogP) is 4.26. The molecular weight excluding hydrogens is 519 g/mol. The normalized spacial score (nSPS) is 13.5. The Bertz CT molecular complexity index is 1500. The fourth-order valence-electron chi connectivity index (χ4n) is 4.06. The van der Waals surface area contributed by atoms with Crippen LogP contribution >= 0.6 is 11.3 Å². The Labute approximate surface area is 220 Å². The number of benzene rings is 2. The SMILES string of the molecule is CCCC(N)[C@H](NC(=O)c1ccc2c(c1)nc(Nc1nc3ccc(C(F)(F)F)cc3s1)n2C)C(=O)N(C)C. The highest BCUT2D eigenvalue weighted by molar-refractivity contribution is 7.22. The van der Waals surface area contributed by atoms with Gasteiger partial charge in [-0.1, -0.05) is 24.7 Å². The van der Waals surface area contributed by atoms with Gasteiger partial charge in [-0.2, -0.15) is 13.2 Å². The molecule has 38 heavy (non-hydrogen) atoms. The molecule has 2 aromatic carbocycles. The van der Waals surface area contributed by atoms with E-state index in [1.54, 1.807) is 43.9 Å². The summed E-state index contributed by atoms with van der Waals surface area (Å²) in [6.45, 7) is 1.95. The Morgan fingerprint density at radius 2 is 1.87 bits per heavy atom. The molecule has 4 N–H and O–H groups in total. The first-order valence-electron chi connectivity index (χ1n) is 11.9. The molecule has 0 aliphatic rings. The minimum Gasteiger partial charge on any atom is -0.347 e. The van der Waals surface area contributed by atoms with Gasteiger partial charge in [0.2, 0.25) is 11.9 Å². The van der Waals surface area contributed by atoms with Crippen LogP contribution in [0.5, 0.6) is 0 Å². The fraction of sp³-hybridized carbons (Fsp3) is 0.360. The molecule has 0 spiro atoms. The first-order valence-corrected chi connectivity index (χ1v) is 12.7. The number of imidazole rings is 1. The van der Waals surface area contributed by atoms with Crippen LogP contribution in [0.25, 0.3) is 21.3 Å². The number of fused-ring (bicyclic) bond motifs is 2. The van der Waals surface area contributed by atoms with Crippen molar-refractivity contribution in [3.63, 3.8) is 0 Å². The van der Waals surface area contributed by atoms with E-state index in [2.05, 4.69) is 20.6 Å². The van der Waals surface area contributed by atoms with Crippen molar-refractivity contribution >= 4 is 55.5 Å². The van der Waals surface area contributed by atoms with Crippen LogP contribution in [-0.4, -0.2) is 57.4 Å². The van der Waals surface area contributed by atoms with Gasteiger partial charge in [0, 0.05) is 32.7 Å². The van der Waals surface area contributed by atoms with Gasteiger partial charge in [0.25, 0.3) is 5.91 Å². The van der Waals surface area contributed by atoms with Crippen LogP contribution in [0.15, 0.2) is 36.4 Å². The number of alkyl halides is 3. The quantitative estimate of drug-likeness (QED) is 0.303. The molecule has 0 saturated heterocycles. The van der Waals surface area contributed by atoms with Crippen molar-refractivity contribution < 1.29 is 22.8 Å². The van der Waals surface area contributed by atoms with Crippen molar-refractivity contribution in [3.8, 4) is 0 Å². The number of amides is 2. The van der Waals surface area contributed by atoms with Crippen LogP contribution < -0.4 is 16.4 Å². The minimum absolute atomic E-state index is 0.289. The van der Waals surface area contributed by atoms with Crippen molar-refractivity contribution in [2.75, 3.05) is 19.4 Å². The van der Waals surface area contributed by atoms with E-state index < -0.39 is 29.7 Å². The maximum atomic E-state index is 13.1. The molecule has 2 heterocycles. The molecule has 9 nitrogen and oxygen atoms in total. The standard InChI is InChI=1S/C25H28F3N7O2S/c1-5-6-15(29)20(22(37)34(2)3)32-21(36)13-7-10-18-17(11-13)30-23(35(18)4)33-24-31-16-9-8-14(25(26,27)28)12-19(16)38-24/h7-12,15,20H,5-6,29H2,1-4H3,(H,32,36)(H,30,31,33)/t15?,20-/m0/s1. The summed E-state index contributed by atoms with van der Waals surface area (Å²) in [5, 5.41) is 6.20. The summed E-state index contributed by atoms with van der Waals surface area (Å²) < 4.78 is 41.3. The predicted molar refractivity (Wildman–Crippen MR) is 141 cm³/mol. The average Bonchev–Trinajstić information content (AvgIpc) is 3.40. The lowest BCUT2D eigenvalue weighted by Gasteiger charge is -2.26. The lowest BCUT2D eigenvalue weighted by atomic mass is 10.0. The summed E-state index contributed by atoms with van der Waals surface area (Å²) in [5.74, 6) is -0.341. The van der Waals surface area contributed by atoms with E-state index in [1.165, 1.54) is 11.0 Å². The number of nitrogens with two attached hydrogens (primary N) is 1. The molecule has 0 bridgehead atoms. The third-order valence-electron chi connectivity index (χ3n) is 6.12. The zero-order chi connectivity index (χ0) is 27.8. The number of halogens is 3. The van der Waals surface area contributed by atoms with Gasteiger partial charge in [-0.15, -0.1) is 0 Å². The van der Waals surface area contributed by atoms with Gasteiger partial charge in [0.15, 0.2) is 5.13 Å². The first-order chi connectivity index (χ1) is 17.9. The zero-order valence-electron chi connectivity index (χ0n) is 21.3. The Balaban J connectivity index is 1.58. The molecule has 0 aliphatic heterocycles. The molecule has 1 unspecified atom stereocenters. The van der Waals surface area contributed by atoms with Crippen molar-refractivity contribution in [1.82, 2.24) is 24.8 Å². The maximum absolute atomic E-state index is 13.1. The van der Waals surface area contributed by atoms with E-state index in [4.69, 9.17) is 5.73 Å². The van der Waals surface area contributed by atoms with Crippen LogP contribution in [0.1, 0.15) is 35.7 Å². The number of rotatable bonds is 8. The van der Waals surface area contributed by atoms with Gasteiger partial charge in [-0.05, 0) is 42.8 Å². The molecule has 0 radical (unpaired) electrons. The van der Waals surface area contributed by atoms with E-state index in [0.29, 0.717) is 44.3 Å². The third-order valence-corrected chi connectivity index (χ3v) is 7.05. The second kappa shape index (κ2) is 10.6. The lowest BCUT2D eigenvalue weighted by molar-refractivity contribution is -0.137. The van der Waals surface area contributed by atoms with Crippen LogP contribution in [0, 0.1) is 0 Å². The third kappa shape index (κ3) is 5.58. The van der Waals surface area contributed by atoms with E-state index in [-0.39, 0.29) is 5.91 Å². The molecule has 4 aromatic rings. The van der Waals surface area contributed by atoms with Crippen molar-refractivity contribution in [3.05, 3.63) is 47.5 Å². The van der Waals surface area contributed by atoms with E-state index in [9.17, 15) is 22.8 Å². The van der Waals surface area contributed by atoms with Crippen LogP contribution in [0.3, 0.4) is 0 Å². The number of nitrogens with zero attached hydrogens (tertiary/aromatic N) is 4. The number of hydrogen-bond acceptors (Lipinski definition) is 7. The number of thiazole rings is 1. The number of hydrogen-bond donors (Lipinski definition) is 3. The van der Waals surface area contributed by atoms with E-state index in [0.717, 1.165) is 29.9 Å². The van der Waals surface area contributed by atoms with Gasteiger partial charge >= 0.3 is 6.18 Å². The fourth-order valence-corrected chi connectivity index (χ4v) is 4.96. The van der Waals surface area contributed by atoms with Gasteiger partial charge in [0.05, 0.1) is 26.8 Å². The molecule has 0 saturated carbocycles. The number of aryl methyl sites for hydroxylation is 1. The zero-order valence-corrected chi connectivity index (χ0v) is 22.1. The van der Waals surface area contributed by atoms with Crippen molar-refractivity contribution in [2.45, 2.75) is 38.0 Å². The molecular formula is C25H28F3N7O2S. The van der Waals surface area contributed by atoms with Crippen molar-refractivity contribution in [2.24, 2.45) is 12.8 Å². The number of likely N-dealkylation sites (N-methyl/N-ethyl adjacent to an activating group) is 1. The topological polar surface area (TPSA) is 118 Å². The molecule has 2 aromatic heterocycles. The highest BCUT2D eigenvalue weighted by atomic mass is 32.1. The number of carbonyl (C=O) groups excluding carboxylic acids is 2. The minimum atomic E-state index is -4.44. The van der Waals surface area contributed by atoms with Gasteiger partial charge in [-0.25, -0.2) is 9.97 Å². The summed E-state index contributed by atoms with van der Waals surface area (Å²) in [5.41, 5.74) is 7.42. The monoisotopic (exact) mass is 547 g/mol. The molecule has 4 rings (SSSR count). The lowest BCUT2D eigenvalue weighted by Crippen LogP contribution is -2.55. The maximum Gasteiger partial charge on any atom is 0.416 e. The number of nitrogens with one attached hydrogen (secondary N) is 2. The van der Waals surface area contributed by atoms with Gasteiger partial charge < -0.3 is 25.8 Å². The summed E-state index contributed by atoms with van der Waals surface area (Å²) in [7, 11) is 4.98. The molecule has 2 amide bonds. The number of aromatic nitrogens is 3. The highest BCUT2D eigenvalue weighted by Gasteiger charge is 2.31. The highest BCUT2D eigenvalue weighted by Crippen LogP contribution is 2.35. The summed E-state index contributed by atoms with van der Waals surface area (Å²) in [6.07, 6.45) is -3.10. The van der Waals surface area contributed by atoms with Crippen LogP contribution in [0.2, 0.25) is 0 Å². The molecule has 0 fully saturated rings. The number of anilines is 2. The van der Waals surface area contributed by atoms with Crippen LogP contribution in [0.4, 0.5) is 24.3 Å².